The number of rotatable bonds is 7. The summed E-state index contributed by atoms with van der Waals surface area (Å²) in [7, 11) is 1.40. The normalized spacial score (nSPS) is 14.3. The van der Waals surface area contributed by atoms with E-state index in [0.717, 1.165) is 11.8 Å². The average Bonchev–Trinajstić information content (AvgIpc) is 3.12. The largest absolute Gasteiger partial charge is 0.493 e. The van der Waals surface area contributed by atoms with Crippen molar-refractivity contribution in [3.63, 3.8) is 0 Å². The Bertz CT molecular complexity index is 1380. The van der Waals surface area contributed by atoms with E-state index in [1.807, 2.05) is 0 Å². The van der Waals surface area contributed by atoms with Crippen molar-refractivity contribution in [2.45, 2.75) is 0 Å². The molecule has 3 aromatic carbocycles. The lowest BCUT2D eigenvalue weighted by Crippen LogP contribution is -2.27. The fourth-order valence-electron chi connectivity index (χ4n) is 3.28. The first-order chi connectivity index (χ1) is 17.3. The highest BCUT2D eigenvalue weighted by Crippen LogP contribution is 2.40. The van der Waals surface area contributed by atoms with Crippen LogP contribution in [0, 0.1) is 11.6 Å². The van der Waals surface area contributed by atoms with Gasteiger partial charge in [0.25, 0.3) is 11.8 Å². The molecule has 0 aliphatic carbocycles. The van der Waals surface area contributed by atoms with Gasteiger partial charge < -0.3 is 14.8 Å². The number of hydrogen-bond acceptors (Lipinski definition) is 6. The Kier molecular flexibility index (Phi) is 7.88. The number of methoxy groups -OCH3 is 1. The van der Waals surface area contributed by atoms with E-state index in [4.69, 9.17) is 33.3 Å². The van der Waals surface area contributed by atoms with Crippen LogP contribution in [0.5, 0.6) is 11.5 Å². The van der Waals surface area contributed by atoms with Crippen molar-refractivity contribution in [3.05, 3.63) is 87.8 Å². The van der Waals surface area contributed by atoms with Gasteiger partial charge in [-0.05, 0) is 60.2 Å². The predicted octanol–water partition coefficient (Wildman–Crippen LogP) is 6.05. The molecule has 3 aromatic rings. The molecular weight excluding hydrogens is 530 g/mol. The second-order valence-corrected chi connectivity index (χ2v) is 9.43. The highest BCUT2D eigenvalue weighted by molar-refractivity contribution is 8.27. The number of carbonyl (C=O) groups excluding carboxylic acids is 2. The number of thiocarbonyl (C=S) groups is 1. The van der Waals surface area contributed by atoms with Gasteiger partial charge in [-0.2, -0.15) is 0 Å². The van der Waals surface area contributed by atoms with E-state index in [2.05, 4.69) is 5.32 Å². The average molecular weight is 547 g/mol. The zero-order valence-corrected chi connectivity index (χ0v) is 21.0. The van der Waals surface area contributed by atoms with E-state index >= 15 is 0 Å². The van der Waals surface area contributed by atoms with Crippen LogP contribution in [0.15, 0.2) is 65.6 Å². The van der Waals surface area contributed by atoms with Crippen LogP contribution >= 0.6 is 35.6 Å². The Hall–Kier alpha value is -3.47. The summed E-state index contributed by atoms with van der Waals surface area (Å²) >= 11 is 12.8. The Morgan fingerprint density at radius 2 is 1.89 bits per heavy atom. The van der Waals surface area contributed by atoms with E-state index in [-0.39, 0.29) is 28.1 Å². The summed E-state index contributed by atoms with van der Waals surface area (Å²) in [6.45, 7) is -0.444. The number of carbonyl (C=O) groups is 2. The molecule has 11 heteroatoms. The maximum Gasteiger partial charge on any atom is 0.270 e. The number of halogens is 3. The van der Waals surface area contributed by atoms with Gasteiger partial charge in [0.1, 0.15) is 11.6 Å². The summed E-state index contributed by atoms with van der Waals surface area (Å²) in [5.74, 6) is -1.62. The summed E-state index contributed by atoms with van der Waals surface area (Å²) in [5.41, 5.74) is 1.01. The zero-order valence-electron chi connectivity index (χ0n) is 18.6. The number of nitrogens with zero attached hydrogens (tertiary/aromatic N) is 1. The fourth-order valence-corrected chi connectivity index (χ4v) is 4.85. The quantitative estimate of drug-likeness (QED) is 0.287. The van der Waals surface area contributed by atoms with Gasteiger partial charge in [-0.1, -0.05) is 47.7 Å². The smallest absolute Gasteiger partial charge is 0.270 e. The Labute approximate surface area is 219 Å². The topological polar surface area (TPSA) is 67.9 Å². The van der Waals surface area contributed by atoms with Crippen LogP contribution in [0.25, 0.3) is 6.08 Å². The molecule has 1 heterocycles. The minimum absolute atomic E-state index is 0.0254. The molecule has 4 rings (SSSR count). The van der Waals surface area contributed by atoms with Gasteiger partial charge in [-0.25, -0.2) is 8.78 Å². The molecule has 1 N–H and O–H groups in total. The van der Waals surface area contributed by atoms with Gasteiger partial charge >= 0.3 is 0 Å². The molecule has 36 heavy (non-hydrogen) atoms. The first kappa shape index (κ1) is 25.6. The van der Waals surface area contributed by atoms with Crippen molar-refractivity contribution < 1.29 is 27.8 Å². The van der Waals surface area contributed by atoms with Crippen LogP contribution in [0.3, 0.4) is 0 Å². The molecule has 1 aliphatic rings. The van der Waals surface area contributed by atoms with Crippen LogP contribution < -0.4 is 19.7 Å². The summed E-state index contributed by atoms with van der Waals surface area (Å²) in [4.78, 5) is 26.8. The van der Waals surface area contributed by atoms with Gasteiger partial charge in [0, 0.05) is 0 Å². The van der Waals surface area contributed by atoms with Crippen molar-refractivity contribution in [2.75, 3.05) is 23.9 Å². The van der Waals surface area contributed by atoms with Gasteiger partial charge in [0.15, 0.2) is 22.4 Å². The number of ether oxygens (including phenoxy) is 2. The number of nitrogens with one attached hydrogen (secondary N) is 1. The molecule has 1 aliphatic heterocycles. The van der Waals surface area contributed by atoms with Gasteiger partial charge in [-0.3, -0.25) is 14.5 Å². The highest BCUT2D eigenvalue weighted by atomic mass is 35.5. The van der Waals surface area contributed by atoms with Crippen molar-refractivity contribution in [1.29, 1.82) is 0 Å². The van der Waals surface area contributed by atoms with E-state index in [1.54, 1.807) is 24.3 Å². The Balaban J connectivity index is 1.50. The Morgan fingerprint density at radius 1 is 1.17 bits per heavy atom. The van der Waals surface area contributed by atoms with Gasteiger partial charge in [0.05, 0.1) is 28.4 Å². The number of amides is 2. The summed E-state index contributed by atoms with van der Waals surface area (Å²) in [6.07, 6.45) is 1.59. The first-order valence-corrected chi connectivity index (χ1v) is 12.0. The van der Waals surface area contributed by atoms with Crippen LogP contribution in [-0.4, -0.2) is 29.9 Å². The lowest BCUT2D eigenvalue weighted by atomic mass is 10.1. The lowest BCUT2D eigenvalue weighted by molar-refractivity contribution is -0.118. The predicted molar refractivity (Wildman–Crippen MR) is 141 cm³/mol. The second-order valence-electron chi connectivity index (χ2n) is 7.34. The fraction of sp³-hybridized carbons (Fsp3) is 0.0800. The molecule has 6 nitrogen and oxygen atoms in total. The molecule has 0 bridgehead atoms. The standard InChI is InChI=1S/C25H17ClF2N2O4S2/c1-33-20-11-14(12-21-24(32)30(25(35)36-21)16-8-6-15(27)7-9-16)10-17(26)23(20)34-13-22(31)29-19-5-3-2-4-18(19)28/h2-12H,13H2,1H3,(H,29,31)/b21-12-. The maximum absolute atomic E-state index is 13.7. The van der Waals surface area contributed by atoms with Gasteiger partial charge in [-0.15, -0.1) is 0 Å². The van der Waals surface area contributed by atoms with Crippen LogP contribution in [0.4, 0.5) is 20.2 Å². The third-order valence-corrected chi connectivity index (χ3v) is 6.51. The van der Waals surface area contributed by atoms with Crippen molar-refractivity contribution in [3.8, 4) is 11.5 Å². The maximum atomic E-state index is 13.7. The molecule has 0 unspecified atom stereocenters. The van der Waals surface area contributed by atoms with Crippen molar-refractivity contribution in [1.82, 2.24) is 0 Å². The molecule has 2 amide bonds. The summed E-state index contributed by atoms with van der Waals surface area (Å²) in [5, 5.41) is 2.55. The lowest BCUT2D eigenvalue weighted by Gasteiger charge is -2.14. The monoisotopic (exact) mass is 546 g/mol. The molecule has 1 saturated heterocycles. The minimum atomic E-state index is -0.591. The molecule has 0 aromatic heterocycles. The van der Waals surface area contributed by atoms with E-state index in [9.17, 15) is 18.4 Å². The second kappa shape index (κ2) is 11.1. The molecular formula is C25H17ClF2N2O4S2. The van der Waals surface area contributed by atoms with Gasteiger partial charge in [0.2, 0.25) is 0 Å². The molecule has 0 atom stereocenters. The number of thioether (sulfide) groups is 1. The van der Waals surface area contributed by atoms with E-state index in [1.165, 1.54) is 54.5 Å². The van der Waals surface area contributed by atoms with Crippen LogP contribution in [-0.2, 0) is 9.59 Å². The number of anilines is 2. The SMILES string of the molecule is COc1cc(/C=C2\SC(=S)N(c3ccc(F)cc3)C2=O)cc(Cl)c1OCC(=O)Nc1ccccc1F. The number of benzene rings is 3. The van der Waals surface area contributed by atoms with Crippen molar-refractivity contribution >= 4 is 69.2 Å². The molecule has 184 valence electrons. The molecule has 0 saturated carbocycles. The number of hydrogen-bond donors (Lipinski definition) is 1. The third-order valence-electron chi connectivity index (χ3n) is 4.92. The first-order valence-electron chi connectivity index (χ1n) is 10.3. The zero-order chi connectivity index (χ0) is 25.8. The molecule has 0 spiro atoms. The van der Waals surface area contributed by atoms with E-state index in [0.29, 0.717) is 20.5 Å². The van der Waals surface area contributed by atoms with E-state index < -0.39 is 24.1 Å². The minimum Gasteiger partial charge on any atom is -0.493 e. The van der Waals surface area contributed by atoms with Crippen LogP contribution in [0.1, 0.15) is 5.56 Å². The summed E-state index contributed by atoms with van der Waals surface area (Å²) in [6, 6.07) is 14.3. The Morgan fingerprint density at radius 3 is 2.58 bits per heavy atom. The third kappa shape index (κ3) is 5.67. The molecule has 1 fully saturated rings. The summed E-state index contributed by atoms with van der Waals surface area (Å²) < 4.78 is 38.2. The highest BCUT2D eigenvalue weighted by Gasteiger charge is 2.33. The molecule has 0 radical (unpaired) electrons. The number of para-hydroxylation sites is 1. The van der Waals surface area contributed by atoms with Crippen LogP contribution in [0.2, 0.25) is 5.02 Å². The van der Waals surface area contributed by atoms with Crippen molar-refractivity contribution in [2.24, 2.45) is 0 Å².